The van der Waals surface area contributed by atoms with Crippen LogP contribution in [0.2, 0.25) is 30.1 Å². The van der Waals surface area contributed by atoms with E-state index in [1.165, 1.54) is 0 Å². The molecule has 0 heterocycles. The topological polar surface area (TPSA) is 105 Å². The number of esters is 4. The molecule has 0 bridgehead atoms. The van der Waals surface area contributed by atoms with Crippen molar-refractivity contribution in [3.05, 3.63) is 53.4 Å². The molecule has 2 fully saturated rings. The first kappa shape index (κ1) is 36.9. The van der Waals surface area contributed by atoms with E-state index >= 15 is 0 Å². The number of hydrogen-bond acceptors (Lipinski definition) is 8. The molecular formula is C32H32Cl6O8. The van der Waals surface area contributed by atoms with Crippen LogP contribution in [0.5, 0.6) is 11.5 Å². The minimum absolute atomic E-state index is 0.0759. The van der Waals surface area contributed by atoms with Gasteiger partial charge in [-0.1, -0.05) is 111 Å². The maximum atomic E-state index is 13.2. The Labute approximate surface area is 297 Å². The Kier molecular flexibility index (Phi) is 11.1. The summed E-state index contributed by atoms with van der Waals surface area (Å²) in [6, 6.07) is 2.26. The Bertz CT molecular complexity index is 1490. The molecule has 2 aromatic rings. The van der Waals surface area contributed by atoms with Gasteiger partial charge in [0.1, 0.15) is 11.1 Å². The third-order valence-electron chi connectivity index (χ3n) is 9.48. The molecule has 4 unspecified atom stereocenters. The van der Waals surface area contributed by atoms with Crippen LogP contribution in [0.1, 0.15) is 75.1 Å². The second-order valence-corrected chi connectivity index (χ2v) is 15.0. The molecule has 0 aromatic heterocycles. The predicted octanol–water partition coefficient (Wildman–Crippen LogP) is 9.80. The summed E-state index contributed by atoms with van der Waals surface area (Å²) in [6.07, 6.45) is 1.72. The predicted molar refractivity (Wildman–Crippen MR) is 177 cm³/mol. The summed E-state index contributed by atoms with van der Waals surface area (Å²) in [6.45, 7) is 12.4. The largest absolute Gasteiger partial charge is 0.461 e. The van der Waals surface area contributed by atoms with Gasteiger partial charge in [0.2, 0.25) is 0 Å². The van der Waals surface area contributed by atoms with Gasteiger partial charge in [0, 0.05) is 10.8 Å². The van der Waals surface area contributed by atoms with Crippen LogP contribution in [0.3, 0.4) is 0 Å². The lowest BCUT2D eigenvalue weighted by Gasteiger charge is -2.22. The Morgan fingerprint density at radius 2 is 0.957 bits per heavy atom. The van der Waals surface area contributed by atoms with E-state index in [0.717, 1.165) is 25.0 Å². The maximum absolute atomic E-state index is 13.2. The Balaban J connectivity index is 1.57. The fourth-order valence-corrected chi connectivity index (χ4v) is 7.34. The van der Waals surface area contributed by atoms with E-state index in [9.17, 15) is 19.2 Å². The number of rotatable bonds is 10. The molecule has 0 radical (unpaired) electrons. The van der Waals surface area contributed by atoms with E-state index in [4.69, 9.17) is 88.6 Å². The third-order valence-corrected chi connectivity index (χ3v) is 11.6. The minimum Gasteiger partial charge on any atom is -0.461 e. The van der Waals surface area contributed by atoms with Crippen molar-refractivity contribution in [2.24, 2.45) is 34.5 Å². The summed E-state index contributed by atoms with van der Waals surface area (Å²) in [4.78, 5) is 52.5. The van der Waals surface area contributed by atoms with Gasteiger partial charge in [-0.3, -0.25) is 0 Å². The van der Waals surface area contributed by atoms with Crippen molar-refractivity contribution in [1.29, 1.82) is 0 Å². The van der Waals surface area contributed by atoms with Crippen molar-refractivity contribution >= 4 is 93.5 Å². The average Bonchev–Trinajstić information content (AvgIpc) is 3.86. The van der Waals surface area contributed by atoms with Gasteiger partial charge in [0.05, 0.1) is 43.3 Å². The summed E-state index contributed by atoms with van der Waals surface area (Å²) < 4.78 is 21.6. The van der Waals surface area contributed by atoms with Crippen molar-refractivity contribution in [2.75, 3.05) is 13.2 Å². The second kappa shape index (κ2) is 13.9. The van der Waals surface area contributed by atoms with Crippen LogP contribution < -0.4 is 9.47 Å². The smallest absolute Gasteiger partial charge is 0.423 e. The van der Waals surface area contributed by atoms with Crippen LogP contribution in [0, 0.1) is 34.5 Å². The lowest BCUT2D eigenvalue weighted by atomic mass is 9.91. The van der Waals surface area contributed by atoms with Gasteiger partial charge in [0.25, 0.3) is 0 Å². The molecule has 0 aliphatic heterocycles. The van der Waals surface area contributed by atoms with Gasteiger partial charge in [-0.2, -0.15) is 0 Å². The van der Waals surface area contributed by atoms with E-state index in [2.05, 4.69) is 13.8 Å². The molecule has 14 heteroatoms. The quantitative estimate of drug-likeness (QED) is 0.102. The fourth-order valence-electron chi connectivity index (χ4n) is 5.90. The summed E-state index contributed by atoms with van der Waals surface area (Å²) in [7, 11) is 0. The third kappa shape index (κ3) is 7.08. The average molecular weight is 757 g/mol. The van der Waals surface area contributed by atoms with Crippen molar-refractivity contribution in [3.63, 3.8) is 0 Å². The SMILES string of the molecule is CC(C)C1(COC(=O)c2c(Cl)c(Cl)cc(Cl)c2OC(=O)C(=O)Oc2c(Cl)cc(Cl)c(Cl)c2C(=O)OCC2(C(C)C)CC2C)CC1C. The lowest BCUT2D eigenvalue weighted by Crippen LogP contribution is -2.28. The molecule has 2 aliphatic carbocycles. The number of ether oxygens (including phenoxy) is 4. The summed E-state index contributed by atoms with van der Waals surface area (Å²) in [5.74, 6) is -5.27. The molecule has 0 amide bonds. The molecule has 0 spiro atoms. The monoisotopic (exact) mass is 754 g/mol. The van der Waals surface area contributed by atoms with Crippen LogP contribution >= 0.6 is 69.6 Å². The molecule has 0 saturated heterocycles. The Hall–Kier alpha value is -1.94. The van der Waals surface area contributed by atoms with Crippen LogP contribution in [0.4, 0.5) is 0 Å². The van der Waals surface area contributed by atoms with E-state index in [0.29, 0.717) is 11.8 Å². The lowest BCUT2D eigenvalue weighted by molar-refractivity contribution is -0.156. The Morgan fingerprint density at radius 3 is 1.22 bits per heavy atom. The highest BCUT2D eigenvalue weighted by Gasteiger charge is 2.55. The standard InChI is InChI=1S/C32H32Cl6O8/c1-13(2)31(9-15(31)5)11-43-27(39)21-23(37)17(33)7-19(35)25(21)45-29(41)30(42)46-26-20(36)8-18(34)24(38)22(26)28(40)44-12-32(14(3)4)10-16(32)6/h7-8,13-16H,9-12H2,1-6H3. The van der Waals surface area contributed by atoms with E-state index < -0.39 is 46.5 Å². The Morgan fingerprint density at radius 1 is 0.652 bits per heavy atom. The van der Waals surface area contributed by atoms with E-state index in [1.54, 1.807) is 0 Å². The van der Waals surface area contributed by atoms with Crippen LogP contribution in [0.25, 0.3) is 0 Å². The maximum Gasteiger partial charge on any atom is 0.423 e. The first-order chi connectivity index (χ1) is 21.4. The molecule has 2 saturated carbocycles. The molecule has 250 valence electrons. The van der Waals surface area contributed by atoms with Crippen molar-refractivity contribution in [2.45, 2.75) is 54.4 Å². The molecule has 0 N–H and O–H groups in total. The van der Waals surface area contributed by atoms with E-state index in [1.807, 2.05) is 27.7 Å². The van der Waals surface area contributed by atoms with Crippen molar-refractivity contribution in [3.8, 4) is 11.5 Å². The van der Waals surface area contributed by atoms with Crippen LogP contribution in [-0.4, -0.2) is 37.1 Å². The molecule has 8 nitrogen and oxygen atoms in total. The zero-order valence-corrected chi connectivity index (χ0v) is 30.4. The second-order valence-electron chi connectivity index (χ2n) is 12.6. The van der Waals surface area contributed by atoms with Crippen LogP contribution in [0.15, 0.2) is 12.1 Å². The van der Waals surface area contributed by atoms with Gasteiger partial charge in [-0.25, -0.2) is 19.2 Å². The first-order valence-electron chi connectivity index (χ1n) is 14.5. The van der Waals surface area contributed by atoms with Gasteiger partial charge in [-0.05, 0) is 48.6 Å². The summed E-state index contributed by atoms with van der Waals surface area (Å²) >= 11 is 37.5. The van der Waals surface area contributed by atoms with E-state index in [-0.39, 0.29) is 66.0 Å². The number of halogens is 6. The molecule has 4 rings (SSSR count). The molecule has 4 atom stereocenters. The number of hydrogen-bond donors (Lipinski definition) is 0. The van der Waals surface area contributed by atoms with Crippen molar-refractivity contribution in [1.82, 2.24) is 0 Å². The first-order valence-corrected chi connectivity index (χ1v) is 16.8. The van der Waals surface area contributed by atoms with Crippen LogP contribution in [-0.2, 0) is 19.1 Å². The molecule has 2 aliphatic rings. The zero-order valence-electron chi connectivity index (χ0n) is 25.8. The molecule has 46 heavy (non-hydrogen) atoms. The fraction of sp³-hybridized carbons (Fsp3) is 0.500. The van der Waals surface area contributed by atoms with Gasteiger partial charge < -0.3 is 18.9 Å². The molecular weight excluding hydrogens is 725 g/mol. The highest BCUT2D eigenvalue weighted by atomic mass is 35.5. The van der Waals surface area contributed by atoms with Gasteiger partial charge >= 0.3 is 23.9 Å². The highest BCUT2D eigenvalue weighted by molar-refractivity contribution is 6.47. The summed E-state index contributed by atoms with van der Waals surface area (Å²) in [5.41, 5.74) is -1.35. The van der Waals surface area contributed by atoms with Gasteiger partial charge in [-0.15, -0.1) is 0 Å². The number of benzene rings is 2. The highest BCUT2D eigenvalue weighted by Crippen LogP contribution is 2.58. The van der Waals surface area contributed by atoms with Crippen molar-refractivity contribution < 1.29 is 38.1 Å². The number of carbonyl (C=O) groups is 4. The number of carbonyl (C=O) groups excluding carboxylic acids is 4. The summed E-state index contributed by atoms with van der Waals surface area (Å²) in [5, 5.41) is -1.49. The minimum atomic E-state index is -1.64. The molecule has 2 aromatic carbocycles. The van der Waals surface area contributed by atoms with Gasteiger partial charge in [0.15, 0.2) is 11.5 Å². The normalized spacial score (nSPS) is 23.3. The zero-order chi connectivity index (χ0) is 34.5.